The lowest BCUT2D eigenvalue weighted by atomic mass is 10.0. The molecule has 0 fully saturated rings. The Morgan fingerprint density at radius 2 is 2.13 bits per heavy atom. The maximum atomic E-state index is 5.30. The first kappa shape index (κ1) is 11.5. The second-order valence-corrected chi connectivity index (χ2v) is 5.85. The highest BCUT2D eigenvalue weighted by Crippen LogP contribution is 2.40. The number of alkyl halides is 1. The van der Waals surface area contributed by atoms with Gasteiger partial charge in [-0.1, -0.05) is 38.3 Å². The number of hydrogen-bond acceptors (Lipinski definition) is 1. The van der Waals surface area contributed by atoms with Gasteiger partial charge in [0.25, 0.3) is 0 Å². The van der Waals surface area contributed by atoms with Gasteiger partial charge in [-0.2, -0.15) is 0 Å². The van der Waals surface area contributed by atoms with E-state index in [0.29, 0.717) is 4.83 Å². The lowest BCUT2D eigenvalue weighted by Crippen LogP contribution is -1.96. The van der Waals surface area contributed by atoms with Crippen LogP contribution in [0.4, 0.5) is 0 Å². The Hall–Kier alpha value is -0.0200. The quantitative estimate of drug-likeness (QED) is 0.538. The Kier molecular flexibility index (Phi) is 3.73. The summed E-state index contributed by atoms with van der Waals surface area (Å²) in [6.07, 6.45) is 4.95. The van der Waals surface area contributed by atoms with Crippen LogP contribution in [-0.4, -0.2) is 7.11 Å². The third kappa shape index (κ3) is 2.39. The van der Waals surface area contributed by atoms with Gasteiger partial charge in [0, 0.05) is 9.30 Å². The number of hydrogen-bond donors (Lipinski definition) is 0. The molecule has 1 aromatic rings. The number of ether oxygens (including phenoxy) is 1. The lowest BCUT2D eigenvalue weighted by Gasteiger charge is -2.14. The molecule has 0 bridgehead atoms. The highest BCUT2D eigenvalue weighted by Gasteiger charge is 2.19. The first-order valence-corrected chi connectivity index (χ1v) is 6.93. The Morgan fingerprint density at radius 1 is 1.33 bits per heavy atom. The molecular formula is C12H14Br2O. The fourth-order valence-electron chi connectivity index (χ4n) is 2.07. The molecule has 1 aromatic carbocycles. The van der Waals surface area contributed by atoms with Gasteiger partial charge in [-0.05, 0) is 42.5 Å². The highest BCUT2D eigenvalue weighted by atomic mass is 79.9. The molecule has 1 aliphatic carbocycles. The minimum absolute atomic E-state index is 0.474. The van der Waals surface area contributed by atoms with Crippen LogP contribution in [0.2, 0.25) is 0 Å². The summed E-state index contributed by atoms with van der Waals surface area (Å²) < 4.78 is 6.48. The number of benzene rings is 1. The molecule has 0 spiro atoms. The van der Waals surface area contributed by atoms with Gasteiger partial charge >= 0.3 is 0 Å². The molecule has 82 valence electrons. The van der Waals surface area contributed by atoms with Crippen molar-refractivity contribution in [1.29, 1.82) is 0 Å². The van der Waals surface area contributed by atoms with Crippen LogP contribution < -0.4 is 4.74 Å². The first-order valence-electron chi connectivity index (χ1n) is 5.22. The summed E-state index contributed by atoms with van der Waals surface area (Å²) in [4.78, 5) is 0.474. The maximum Gasteiger partial charge on any atom is 0.120 e. The van der Waals surface area contributed by atoms with Crippen molar-refractivity contribution in [2.75, 3.05) is 7.11 Å². The predicted octanol–water partition coefficient (Wildman–Crippen LogP) is 4.62. The lowest BCUT2D eigenvalue weighted by molar-refractivity contribution is 0.413. The molecule has 0 radical (unpaired) electrons. The minimum Gasteiger partial charge on any atom is -0.497 e. The van der Waals surface area contributed by atoms with Gasteiger partial charge in [0.1, 0.15) is 5.75 Å². The third-order valence-corrected chi connectivity index (χ3v) is 4.57. The molecule has 1 nitrogen and oxygen atoms in total. The SMILES string of the molecule is COc1cc(Br)c2c(c1)C(Br)CCCC2. The first-order chi connectivity index (χ1) is 7.22. The van der Waals surface area contributed by atoms with Crippen LogP contribution in [0.25, 0.3) is 0 Å². The Bertz CT molecular complexity index is 363. The second-order valence-electron chi connectivity index (χ2n) is 3.89. The van der Waals surface area contributed by atoms with Gasteiger partial charge in [-0.3, -0.25) is 0 Å². The molecule has 0 N–H and O–H groups in total. The van der Waals surface area contributed by atoms with Crippen molar-refractivity contribution < 1.29 is 4.74 Å². The summed E-state index contributed by atoms with van der Waals surface area (Å²) in [6.45, 7) is 0. The molecule has 0 saturated heterocycles. The van der Waals surface area contributed by atoms with Crippen LogP contribution in [0.15, 0.2) is 16.6 Å². The normalized spacial score (nSPS) is 20.6. The topological polar surface area (TPSA) is 9.23 Å². The van der Waals surface area contributed by atoms with Crippen LogP contribution in [0, 0.1) is 0 Å². The van der Waals surface area contributed by atoms with E-state index in [9.17, 15) is 0 Å². The molecule has 15 heavy (non-hydrogen) atoms. The smallest absolute Gasteiger partial charge is 0.120 e. The molecule has 0 saturated carbocycles. The average molecular weight is 334 g/mol. The van der Waals surface area contributed by atoms with Gasteiger partial charge in [0.2, 0.25) is 0 Å². The standard InChI is InChI=1S/C12H14Br2O/c1-15-8-6-10-9(12(14)7-8)4-2-3-5-11(10)13/h6-7,11H,2-5H2,1H3. The Morgan fingerprint density at radius 3 is 2.87 bits per heavy atom. The predicted molar refractivity (Wildman–Crippen MR) is 69.9 cm³/mol. The van der Waals surface area contributed by atoms with Gasteiger partial charge in [0.15, 0.2) is 0 Å². The molecular weight excluding hydrogens is 320 g/mol. The van der Waals surface area contributed by atoms with Crippen LogP contribution in [-0.2, 0) is 6.42 Å². The van der Waals surface area contributed by atoms with E-state index in [-0.39, 0.29) is 0 Å². The van der Waals surface area contributed by atoms with Gasteiger partial charge in [-0.15, -0.1) is 0 Å². The van der Waals surface area contributed by atoms with Crippen LogP contribution in [0.1, 0.15) is 35.2 Å². The molecule has 3 heteroatoms. The summed E-state index contributed by atoms with van der Waals surface area (Å²) in [7, 11) is 1.72. The highest BCUT2D eigenvalue weighted by molar-refractivity contribution is 9.10. The largest absolute Gasteiger partial charge is 0.497 e. The van der Waals surface area contributed by atoms with Crippen molar-refractivity contribution in [3.05, 3.63) is 27.7 Å². The molecule has 1 unspecified atom stereocenters. The molecule has 0 aromatic heterocycles. The van der Waals surface area contributed by atoms with E-state index in [4.69, 9.17) is 4.74 Å². The number of rotatable bonds is 1. The zero-order valence-electron chi connectivity index (χ0n) is 8.72. The van der Waals surface area contributed by atoms with Crippen molar-refractivity contribution in [2.45, 2.75) is 30.5 Å². The maximum absolute atomic E-state index is 5.30. The fraction of sp³-hybridized carbons (Fsp3) is 0.500. The molecule has 0 aliphatic heterocycles. The zero-order chi connectivity index (χ0) is 10.8. The van der Waals surface area contributed by atoms with E-state index >= 15 is 0 Å². The summed E-state index contributed by atoms with van der Waals surface area (Å²) in [5, 5.41) is 0. The molecule has 0 heterocycles. The van der Waals surface area contributed by atoms with E-state index in [1.54, 1.807) is 7.11 Å². The minimum atomic E-state index is 0.474. The number of halogens is 2. The Labute approximate surface area is 107 Å². The van der Waals surface area contributed by atoms with Crippen LogP contribution in [0.3, 0.4) is 0 Å². The third-order valence-electron chi connectivity index (χ3n) is 2.91. The van der Waals surface area contributed by atoms with Gasteiger partial charge < -0.3 is 4.74 Å². The van der Waals surface area contributed by atoms with E-state index in [0.717, 1.165) is 5.75 Å². The summed E-state index contributed by atoms with van der Waals surface area (Å²) in [5.41, 5.74) is 2.83. The van der Waals surface area contributed by atoms with E-state index in [1.165, 1.54) is 41.3 Å². The summed E-state index contributed by atoms with van der Waals surface area (Å²) in [5.74, 6) is 0.937. The van der Waals surface area contributed by atoms with E-state index < -0.39 is 0 Å². The fourth-order valence-corrected chi connectivity index (χ4v) is 3.46. The second kappa shape index (κ2) is 4.88. The van der Waals surface area contributed by atoms with Crippen molar-refractivity contribution in [3.8, 4) is 5.75 Å². The van der Waals surface area contributed by atoms with Crippen LogP contribution in [0.5, 0.6) is 5.75 Å². The number of methoxy groups -OCH3 is 1. The average Bonchev–Trinajstić information content (AvgIpc) is 2.41. The van der Waals surface area contributed by atoms with Crippen molar-refractivity contribution in [3.63, 3.8) is 0 Å². The Balaban J connectivity index is 2.50. The van der Waals surface area contributed by atoms with Crippen LogP contribution >= 0.6 is 31.9 Å². The van der Waals surface area contributed by atoms with E-state index in [1.807, 2.05) is 0 Å². The van der Waals surface area contributed by atoms with Gasteiger partial charge in [-0.25, -0.2) is 0 Å². The van der Waals surface area contributed by atoms with Crippen molar-refractivity contribution >= 4 is 31.9 Å². The monoisotopic (exact) mass is 332 g/mol. The van der Waals surface area contributed by atoms with Crippen molar-refractivity contribution in [1.82, 2.24) is 0 Å². The zero-order valence-corrected chi connectivity index (χ0v) is 11.9. The van der Waals surface area contributed by atoms with E-state index in [2.05, 4.69) is 44.0 Å². The summed E-state index contributed by atoms with van der Waals surface area (Å²) >= 11 is 7.39. The molecule has 1 atom stereocenters. The molecule has 1 aliphatic rings. The molecule has 0 amide bonds. The number of fused-ring (bicyclic) bond motifs is 1. The van der Waals surface area contributed by atoms with Crippen molar-refractivity contribution in [2.24, 2.45) is 0 Å². The van der Waals surface area contributed by atoms with Gasteiger partial charge in [0.05, 0.1) is 7.11 Å². The molecule has 2 rings (SSSR count). The summed E-state index contributed by atoms with van der Waals surface area (Å²) in [6, 6.07) is 4.22.